The first-order valence-electron chi connectivity index (χ1n) is 9.28. The van der Waals surface area contributed by atoms with Crippen molar-refractivity contribution in [1.82, 2.24) is 10.2 Å². The monoisotopic (exact) mass is 425 g/mol. The molecule has 1 atom stereocenters. The van der Waals surface area contributed by atoms with Crippen molar-refractivity contribution in [2.45, 2.75) is 32.9 Å². The van der Waals surface area contributed by atoms with Gasteiger partial charge in [-0.3, -0.25) is 14.5 Å². The maximum Gasteiger partial charge on any atom is 0.302 e. The average molecular weight is 425 g/mol. The summed E-state index contributed by atoms with van der Waals surface area (Å²) < 4.78 is 11.1. The third kappa shape index (κ3) is 3.48. The summed E-state index contributed by atoms with van der Waals surface area (Å²) in [6.07, 6.45) is 1.45. The van der Waals surface area contributed by atoms with Gasteiger partial charge in [0, 0.05) is 5.56 Å². The summed E-state index contributed by atoms with van der Waals surface area (Å²) in [6.45, 7) is 5.57. The van der Waals surface area contributed by atoms with Crippen molar-refractivity contribution in [3.63, 3.8) is 0 Å². The predicted molar refractivity (Wildman–Crippen MR) is 110 cm³/mol. The Morgan fingerprint density at radius 3 is 2.50 bits per heavy atom. The van der Waals surface area contributed by atoms with E-state index in [0.717, 1.165) is 0 Å². The highest BCUT2D eigenvalue weighted by Gasteiger charge is 2.49. The highest BCUT2D eigenvalue weighted by Crippen LogP contribution is 2.43. The molecule has 1 aromatic carbocycles. The van der Waals surface area contributed by atoms with Gasteiger partial charge in [-0.15, -0.1) is 10.2 Å². The van der Waals surface area contributed by atoms with E-state index in [1.54, 1.807) is 43.3 Å². The molecule has 2 aromatic heterocycles. The van der Waals surface area contributed by atoms with E-state index < -0.39 is 17.7 Å². The second-order valence-electron chi connectivity index (χ2n) is 6.98. The predicted octanol–water partition coefficient (Wildman–Crippen LogP) is 3.85. The Kier molecular flexibility index (Phi) is 5.13. The number of aliphatic hydroxyl groups is 1. The van der Waals surface area contributed by atoms with Gasteiger partial charge < -0.3 is 14.3 Å². The van der Waals surface area contributed by atoms with E-state index >= 15 is 0 Å². The smallest absolute Gasteiger partial charge is 0.302 e. The normalized spacial score (nSPS) is 18.4. The third-order valence-electron chi connectivity index (χ3n) is 4.48. The number of aromatic nitrogens is 2. The van der Waals surface area contributed by atoms with Gasteiger partial charge in [0.25, 0.3) is 5.78 Å². The molecule has 3 heterocycles. The van der Waals surface area contributed by atoms with Crippen molar-refractivity contribution in [1.29, 1.82) is 0 Å². The zero-order chi connectivity index (χ0) is 21.4. The number of hydrogen-bond acceptors (Lipinski definition) is 8. The van der Waals surface area contributed by atoms with Crippen LogP contribution in [-0.4, -0.2) is 33.1 Å². The van der Waals surface area contributed by atoms with Crippen LogP contribution in [0.4, 0.5) is 5.13 Å². The molecule has 0 spiro atoms. The average Bonchev–Trinajstić information content (AvgIpc) is 3.43. The Hall–Kier alpha value is -3.46. The first-order valence-corrected chi connectivity index (χ1v) is 10.1. The van der Waals surface area contributed by atoms with Crippen LogP contribution < -0.4 is 9.64 Å². The molecule has 8 nitrogen and oxygen atoms in total. The van der Waals surface area contributed by atoms with Crippen molar-refractivity contribution < 1.29 is 23.8 Å². The van der Waals surface area contributed by atoms with Gasteiger partial charge in [0.15, 0.2) is 0 Å². The zero-order valence-electron chi connectivity index (χ0n) is 16.5. The number of rotatable bonds is 5. The summed E-state index contributed by atoms with van der Waals surface area (Å²) in [5.41, 5.74) is 0.314. The quantitative estimate of drug-likeness (QED) is 0.376. The molecule has 1 saturated heterocycles. The number of anilines is 1. The Labute approximate surface area is 176 Å². The number of nitrogens with zero attached hydrogens (tertiary/aromatic N) is 3. The fraction of sp³-hybridized carbons (Fsp3) is 0.238. The van der Waals surface area contributed by atoms with Crippen molar-refractivity contribution in [2.24, 2.45) is 0 Å². The van der Waals surface area contributed by atoms with Gasteiger partial charge in [0.1, 0.15) is 28.3 Å². The molecule has 0 aliphatic carbocycles. The highest BCUT2D eigenvalue weighted by molar-refractivity contribution is 7.15. The number of furan rings is 1. The molecule has 1 fully saturated rings. The number of Topliss-reactive ketones (excluding diaryl/α,β-unsaturated/α-hetero) is 1. The first kappa shape index (κ1) is 19.8. The summed E-state index contributed by atoms with van der Waals surface area (Å²) in [5.74, 6) is -0.940. The van der Waals surface area contributed by atoms with E-state index in [1.807, 2.05) is 13.8 Å². The number of amides is 1. The molecule has 0 unspecified atom stereocenters. The zero-order valence-corrected chi connectivity index (χ0v) is 17.3. The first-order chi connectivity index (χ1) is 14.4. The number of ketones is 1. The van der Waals surface area contributed by atoms with Crippen molar-refractivity contribution in [2.75, 3.05) is 4.90 Å². The van der Waals surface area contributed by atoms with E-state index in [4.69, 9.17) is 9.15 Å². The fourth-order valence-corrected chi connectivity index (χ4v) is 3.96. The van der Waals surface area contributed by atoms with Gasteiger partial charge in [-0.1, -0.05) is 11.3 Å². The summed E-state index contributed by atoms with van der Waals surface area (Å²) in [7, 11) is 0. The third-order valence-corrected chi connectivity index (χ3v) is 5.32. The Bertz CT molecular complexity index is 1120. The van der Waals surface area contributed by atoms with Crippen molar-refractivity contribution in [3.8, 4) is 5.75 Å². The Morgan fingerprint density at radius 2 is 1.93 bits per heavy atom. The minimum atomic E-state index is -0.945. The lowest BCUT2D eigenvalue weighted by Gasteiger charge is -2.20. The minimum Gasteiger partial charge on any atom is -0.507 e. The fourth-order valence-electron chi connectivity index (χ4n) is 3.25. The van der Waals surface area contributed by atoms with Crippen LogP contribution in [0.2, 0.25) is 0 Å². The highest BCUT2D eigenvalue weighted by atomic mass is 32.1. The number of benzene rings is 1. The van der Waals surface area contributed by atoms with Gasteiger partial charge in [-0.2, -0.15) is 0 Å². The van der Waals surface area contributed by atoms with Gasteiger partial charge in [0.05, 0.1) is 17.9 Å². The molecule has 1 N–H and O–H groups in total. The minimum absolute atomic E-state index is 0.00378. The topological polar surface area (TPSA) is 106 Å². The largest absolute Gasteiger partial charge is 0.507 e. The Morgan fingerprint density at radius 1 is 1.20 bits per heavy atom. The molecule has 9 heteroatoms. The van der Waals surface area contributed by atoms with Gasteiger partial charge in [-0.25, -0.2) is 0 Å². The van der Waals surface area contributed by atoms with E-state index in [2.05, 4.69) is 10.2 Å². The summed E-state index contributed by atoms with van der Waals surface area (Å²) >= 11 is 1.18. The molecular weight excluding hydrogens is 406 g/mol. The van der Waals surface area contributed by atoms with Crippen LogP contribution in [0.5, 0.6) is 5.75 Å². The summed E-state index contributed by atoms with van der Waals surface area (Å²) in [6, 6.07) is 9.01. The van der Waals surface area contributed by atoms with Crippen molar-refractivity contribution >= 4 is 33.9 Å². The van der Waals surface area contributed by atoms with Gasteiger partial charge in [-0.05, 0) is 57.2 Å². The standard InChI is InChI=1S/C21H19N3O5S/c1-11(2)29-14-8-6-13(7-9-14)18(25)16-17(15-5-4-10-28-15)24(20(27)19(16)26)21-23-22-12(3)30-21/h4-11,17,25H,1-3H3/b18-16+/t17-/m0/s1. The van der Waals surface area contributed by atoms with E-state index in [9.17, 15) is 14.7 Å². The van der Waals surface area contributed by atoms with Crippen LogP contribution >= 0.6 is 11.3 Å². The molecule has 3 aromatic rings. The van der Waals surface area contributed by atoms with Crippen molar-refractivity contribution in [3.05, 3.63) is 64.6 Å². The Balaban J connectivity index is 1.82. The molecular formula is C21H19N3O5S. The van der Waals surface area contributed by atoms with Crippen LogP contribution in [0.1, 0.15) is 36.2 Å². The lowest BCUT2D eigenvalue weighted by molar-refractivity contribution is -0.132. The molecule has 1 aliphatic rings. The molecule has 0 radical (unpaired) electrons. The van der Waals surface area contributed by atoms with E-state index in [-0.39, 0.29) is 22.6 Å². The molecule has 1 amide bonds. The lowest BCUT2D eigenvalue weighted by atomic mass is 9.99. The van der Waals surface area contributed by atoms with E-state index in [0.29, 0.717) is 22.1 Å². The van der Waals surface area contributed by atoms with Gasteiger partial charge in [0.2, 0.25) is 5.13 Å². The second-order valence-corrected chi connectivity index (χ2v) is 8.14. The van der Waals surface area contributed by atoms with Crippen LogP contribution in [0.3, 0.4) is 0 Å². The van der Waals surface area contributed by atoms with Gasteiger partial charge >= 0.3 is 5.91 Å². The molecule has 30 heavy (non-hydrogen) atoms. The molecule has 154 valence electrons. The van der Waals surface area contributed by atoms with Crippen LogP contribution in [0, 0.1) is 6.92 Å². The molecule has 0 saturated carbocycles. The number of aryl methyl sites for hydroxylation is 1. The lowest BCUT2D eigenvalue weighted by Crippen LogP contribution is -2.29. The number of carbonyl (C=O) groups is 2. The SMILES string of the molecule is Cc1nnc(N2C(=O)C(=O)/C(=C(/O)c3ccc(OC(C)C)cc3)[C@@H]2c2ccco2)s1. The van der Waals surface area contributed by atoms with Crippen LogP contribution in [0.15, 0.2) is 52.7 Å². The number of aliphatic hydroxyl groups excluding tert-OH is 1. The summed E-state index contributed by atoms with van der Waals surface area (Å²) in [5, 5.41) is 19.8. The molecule has 4 rings (SSSR count). The number of hydrogen-bond donors (Lipinski definition) is 1. The molecule has 1 aliphatic heterocycles. The van der Waals surface area contributed by atoms with Crippen LogP contribution in [-0.2, 0) is 9.59 Å². The summed E-state index contributed by atoms with van der Waals surface area (Å²) in [4.78, 5) is 27.0. The number of carbonyl (C=O) groups excluding carboxylic acids is 2. The second kappa shape index (κ2) is 7.75. The maximum absolute atomic E-state index is 12.9. The number of ether oxygens (including phenoxy) is 1. The van der Waals surface area contributed by atoms with Crippen LogP contribution in [0.25, 0.3) is 5.76 Å². The maximum atomic E-state index is 12.9. The molecule has 0 bridgehead atoms. The van der Waals surface area contributed by atoms with E-state index in [1.165, 1.54) is 22.5 Å².